The minimum Gasteiger partial charge on any atom is -0.423 e. The fourth-order valence-corrected chi connectivity index (χ4v) is 3.23. The molecular weight excluding hydrogens is 372 g/mol. The third kappa shape index (κ3) is 7.89. The summed E-state index contributed by atoms with van der Waals surface area (Å²) in [5, 5.41) is 3.42. The molecular formula is C22H28N2O5. The van der Waals surface area contributed by atoms with E-state index in [1.165, 1.54) is 6.07 Å². The fourth-order valence-electron chi connectivity index (χ4n) is 3.23. The number of nitrogens with one attached hydrogen (secondary N) is 1. The molecule has 0 aliphatic carbocycles. The summed E-state index contributed by atoms with van der Waals surface area (Å²) < 4.78 is 5.19. The van der Waals surface area contributed by atoms with E-state index in [1.807, 2.05) is 0 Å². The molecule has 0 bridgehead atoms. The molecule has 1 heterocycles. The van der Waals surface area contributed by atoms with Crippen molar-refractivity contribution in [2.45, 2.75) is 64.7 Å². The van der Waals surface area contributed by atoms with E-state index in [0.717, 1.165) is 38.5 Å². The first kappa shape index (κ1) is 22.3. The second kappa shape index (κ2) is 11.1. The average molecular weight is 400 g/mol. The van der Waals surface area contributed by atoms with Crippen molar-refractivity contribution < 1.29 is 18.8 Å². The Morgan fingerprint density at radius 2 is 1.62 bits per heavy atom. The molecule has 0 radical (unpaired) electrons. The Morgan fingerprint density at radius 3 is 2.28 bits per heavy atom. The summed E-state index contributed by atoms with van der Waals surface area (Å²) in [5.74, 6) is -0.400. The number of carbonyl (C=O) groups excluding carboxylic acids is 3. The predicted octanol–water partition coefficient (Wildman–Crippen LogP) is 3.47. The van der Waals surface area contributed by atoms with Crippen LogP contribution in [0.1, 0.15) is 63.9 Å². The SMILES string of the molecule is CC(=O)CCCCCCCCC(=O)Nc1ccc2c(CC(N)=O)cc(=O)oc2c1. The highest BCUT2D eigenvalue weighted by Crippen LogP contribution is 2.22. The molecule has 2 amide bonds. The van der Waals surface area contributed by atoms with Gasteiger partial charge in [0.2, 0.25) is 11.8 Å². The third-order valence-electron chi connectivity index (χ3n) is 4.66. The van der Waals surface area contributed by atoms with Gasteiger partial charge < -0.3 is 20.3 Å². The summed E-state index contributed by atoms with van der Waals surface area (Å²) in [7, 11) is 0. The van der Waals surface area contributed by atoms with E-state index < -0.39 is 11.5 Å². The standard InChI is InChI=1S/C22H28N2O5/c1-15(25)8-6-4-2-3-5-7-9-21(27)24-17-10-11-18-16(12-20(23)26)13-22(28)29-19(18)14-17/h10-11,13-14H,2-9,12H2,1H3,(H2,23,26)(H,24,27). The van der Waals surface area contributed by atoms with Crippen molar-refractivity contribution in [2.24, 2.45) is 5.73 Å². The monoisotopic (exact) mass is 400 g/mol. The highest BCUT2D eigenvalue weighted by molar-refractivity contribution is 5.94. The fraction of sp³-hybridized carbons (Fsp3) is 0.455. The number of carbonyl (C=O) groups is 3. The van der Waals surface area contributed by atoms with Crippen molar-refractivity contribution in [3.8, 4) is 0 Å². The number of rotatable bonds is 12. The van der Waals surface area contributed by atoms with Gasteiger partial charge >= 0.3 is 5.63 Å². The van der Waals surface area contributed by atoms with Crippen molar-refractivity contribution in [1.82, 2.24) is 0 Å². The van der Waals surface area contributed by atoms with Crippen molar-refractivity contribution in [1.29, 1.82) is 0 Å². The Labute approximate surface area is 169 Å². The molecule has 7 heteroatoms. The Kier molecular flexibility index (Phi) is 8.58. The third-order valence-corrected chi connectivity index (χ3v) is 4.66. The lowest BCUT2D eigenvalue weighted by atomic mass is 10.1. The first-order chi connectivity index (χ1) is 13.8. The van der Waals surface area contributed by atoms with E-state index in [1.54, 1.807) is 25.1 Å². The van der Waals surface area contributed by atoms with Gasteiger partial charge in [-0.3, -0.25) is 9.59 Å². The van der Waals surface area contributed by atoms with Crippen LogP contribution in [0.4, 0.5) is 5.69 Å². The second-order valence-corrected chi connectivity index (χ2v) is 7.32. The number of nitrogens with two attached hydrogens (primary N) is 1. The van der Waals surface area contributed by atoms with Crippen molar-refractivity contribution in [3.63, 3.8) is 0 Å². The van der Waals surface area contributed by atoms with E-state index in [4.69, 9.17) is 10.2 Å². The molecule has 0 unspecified atom stereocenters. The zero-order chi connectivity index (χ0) is 21.2. The average Bonchev–Trinajstić information content (AvgIpc) is 2.62. The topological polar surface area (TPSA) is 119 Å². The van der Waals surface area contributed by atoms with Crippen LogP contribution in [0.25, 0.3) is 11.0 Å². The van der Waals surface area contributed by atoms with Crippen molar-refractivity contribution in [3.05, 3.63) is 40.2 Å². The van der Waals surface area contributed by atoms with E-state index in [0.29, 0.717) is 35.1 Å². The molecule has 0 saturated heterocycles. The zero-order valence-electron chi connectivity index (χ0n) is 16.8. The maximum atomic E-state index is 12.1. The molecule has 0 aliphatic rings. The van der Waals surface area contributed by atoms with Crippen LogP contribution in [0.3, 0.4) is 0 Å². The first-order valence-electron chi connectivity index (χ1n) is 9.99. The summed E-state index contributed by atoms with van der Waals surface area (Å²) in [5.41, 5.74) is 5.99. The molecule has 0 saturated carbocycles. The van der Waals surface area contributed by atoms with Gasteiger partial charge in [0.25, 0.3) is 0 Å². The Bertz CT molecular complexity index is 932. The summed E-state index contributed by atoms with van der Waals surface area (Å²) in [6.07, 6.45) is 6.89. The van der Waals surface area contributed by atoms with Gasteiger partial charge in [0.15, 0.2) is 0 Å². The lowest BCUT2D eigenvalue weighted by molar-refractivity contribution is -0.118. The highest BCUT2D eigenvalue weighted by atomic mass is 16.4. The number of unbranched alkanes of at least 4 members (excludes halogenated alkanes) is 5. The van der Waals surface area contributed by atoms with Crippen LogP contribution in [-0.2, 0) is 20.8 Å². The van der Waals surface area contributed by atoms with Crippen LogP contribution < -0.4 is 16.7 Å². The number of hydrogen-bond acceptors (Lipinski definition) is 5. The van der Waals surface area contributed by atoms with E-state index >= 15 is 0 Å². The molecule has 1 aromatic carbocycles. The number of amides is 2. The van der Waals surface area contributed by atoms with Crippen LogP contribution in [-0.4, -0.2) is 17.6 Å². The van der Waals surface area contributed by atoms with Gasteiger partial charge in [-0.2, -0.15) is 0 Å². The van der Waals surface area contributed by atoms with Gasteiger partial charge in [-0.15, -0.1) is 0 Å². The van der Waals surface area contributed by atoms with E-state index in [-0.39, 0.29) is 18.1 Å². The van der Waals surface area contributed by atoms with Crippen LogP contribution in [0.5, 0.6) is 0 Å². The summed E-state index contributed by atoms with van der Waals surface area (Å²) >= 11 is 0. The minimum atomic E-state index is -0.569. The van der Waals surface area contributed by atoms with Gasteiger partial charge in [-0.05, 0) is 37.5 Å². The number of fused-ring (bicyclic) bond motifs is 1. The highest BCUT2D eigenvalue weighted by Gasteiger charge is 2.10. The van der Waals surface area contributed by atoms with E-state index in [9.17, 15) is 19.2 Å². The summed E-state index contributed by atoms with van der Waals surface area (Å²) in [6.45, 7) is 1.61. The number of Topliss-reactive ketones (excluding diaryl/α,β-unsaturated/α-hetero) is 1. The lowest BCUT2D eigenvalue weighted by Gasteiger charge is -2.08. The predicted molar refractivity (Wildman–Crippen MR) is 112 cm³/mol. The Balaban J connectivity index is 1.82. The molecule has 29 heavy (non-hydrogen) atoms. The molecule has 0 fully saturated rings. The largest absolute Gasteiger partial charge is 0.423 e. The lowest BCUT2D eigenvalue weighted by Crippen LogP contribution is -2.15. The molecule has 156 valence electrons. The number of primary amides is 1. The van der Waals surface area contributed by atoms with Crippen LogP contribution in [0, 0.1) is 0 Å². The van der Waals surface area contributed by atoms with Gasteiger partial charge in [0, 0.05) is 36.0 Å². The molecule has 7 nitrogen and oxygen atoms in total. The number of hydrogen-bond donors (Lipinski definition) is 2. The molecule has 2 aromatic rings. The van der Waals surface area contributed by atoms with Crippen LogP contribution >= 0.6 is 0 Å². The van der Waals surface area contributed by atoms with Crippen LogP contribution in [0.15, 0.2) is 33.5 Å². The van der Waals surface area contributed by atoms with Crippen molar-refractivity contribution >= 4 is 34.3 Å². The zero-order valence-corrected chi connectivity index (χ0v) is 16.8. The normalized spacial score (nSPS) is 10.8. The molecule has 0 spiro atoms. The van der Waals surface area contributed by atoms with Crippen LogP contribution in [0.2, 0.25) is 0 Å². The number of ketones is 1. The molecule has 0 aliphatic heterocycles. The van der Waals surface area contributed by atoms with Crippen molar-refractivity contribution in [2.75, 3.05) is 5.32 Å². The van der Waals surface area contributed by atoms with Gasteiger partial charge in [-0.25, -0.2) is 4.79 Å². The van der Waals surface area contributed by atoms with Gasteiger partial charge in [0.05, 0.1) is 6.42 Å². The van der Waals surface area contributed by atoms with Gasteiger partial charge in [-0.1, -0.05) is 25.7 Å². The maximum absolute atomic E-state index is 12.1. The summed E-state index contributed by atoms with van der Waals surface area (Å²) in [6, 6.07) is 6.24. The second-order valence-electron chi connectivity index (χ2n) is 7.32. The first-order valence-corrected chi connectivity index (χ1v) is 9.99. The molecule has 3 N–H and O–H groups in total. The van der Waals surface area contributed by atoms with Gasteiger partial charge in [0.1, 0.15) is 11.4 Å². The minimum absolute atomic E-state index is 0.0530. The Hall–Kier alpha value is -2.96. The summed E-state index contributed by atoms with van der Waals surface area (Å²) in [4.78, 5) is 45.9. The maximum Gasteiger partial charge on any atom is 0.336 e. The molecule has 1 aromatic heterocycles. The number of anilines is 1. The number of benzene rings is 1. The van der Waals surface area contributed by atoms with E-state index in [2.05, 4.69) is 5.32 Å². The molecule has 0 atom stereocenters. The molecule has 2 rings (SSSR count). The smallest absolute Gasteiger partial charge is 0.336 e. The quantitative estimate of drug-likeness (QED) is 0.417. The Morgan fingerprint density at radius 1 is 0.966 bits per heavy atom.